The summed E-state index contributed by atoms with van der Waals surface area (Å²) in [5, 5.41) is 16.0. The van der Waals surface area contributed by atoms with Gasteiger partial charge in [0, 0.05) is 22.9 Å². The van der Waals surface area contributed by atoms with Crippen molar-refractivity contribution >= 4 is 23.9 Å². The maximum absolute atomic E-state index is 13.0. The van der Waals surface area contributed by atoms with Gasteiger partial charge in [0.1, 0.15) is 17.6 Å². The molecule has 0 bridgehead atoms. The standard InChI is InChI=1S/C23H23F2N5O3/c1-13-4-5-14(21-28-19(33-29-21)11-17(31)20(24)25)10-15(13)27-22(32)16-12-26-18-6-7-23(2,3)8-9-30(16)18/h4-10,12,17,20,31H,11H2,1-3H3,(H,27,32)/t17-/m0/s1. The third kappa shape index (κ3) is 4.90. The number of rotatable bonds is 6. The summed E-state index contributed by atoms with van der Waals surface area (Å²) >= 11 is 0. The van der Waals surface area contributed by atoms with Crippen LogP contribution in [0, 0.1) is 12.3 Å². The van der Waals surface area contributed by atoms with Crippen molar-refractivity contribution in [2.24, 2.45) is 5.41 Å². The van der Waals surface area contributed by atoms with Gasteiger partial charge in [-0.05, 0) is 24.6 Å². The summed E-state index contributed by atoms with van der Waals surface area (Å²) in [4.78, 5) is 21.4. The molecule has 0 saturated carbocycles. The Morgan fingerprint density at radius 2 is 2.09 bits per heavy atom. The Kier molecular flexibility index (Phi) is 5.94. The normalized spacial score (nSPS) is 15.4. The molecular formula is C23H23F2N5O3. The number of allylic oxidation sites excluding steroid dienone is 2. The number of aryl methyl sites for hydroxylation is 1. The number of fused-ring (bicyclic) bond motifs is 1. The molecule has 1 aliphatic rings. The Morgan fingerprint density at radius 1 is 1.30 bits per heavy atom. The minimum absolute atomic E-state index is 0.103. The van der Waals surface area contributed by atoms with Gasteiger partial charge in [0.2, 0.25) is 11.7 Å². The number of nitrogens with one attached hydrogen (secondary N) is 1. The summed E-state index contributed by atoms with van der Waals surface area (Å²) in [6.07, 6.45) is 3.98. The van der Waals surface area contributed by atoms with Crippen molar-refractivity contribution in [2.75, 3.05) is 5.32 Å². The largest absolute Gasteiger partial charge is 0.387 e. The first-order chi connectivity index (χ1) is 15.6. The van der Waals surface area contributed by atoms with E-state index in [0.29, 0.717) is 22.8 Å². The van der Waals surface area contributed by atoms with Gasteiger partial charge in [-0.25, -0.2) is 13.8 Å². The third-order valence-corrected chi connectivity index (χ3v) is 5.26. The van der Waals surface area contributed by atoms with Gasteiger partial charge in [-0.2, -0.15) is 4.98 Å². The molecule has 8 nitrogen and oxygen atoms in total. The van der Waals surface area contributed by atoms with E-state index in [1.807, 2.05) is 31.4 Å². The van der Waals surface area contributed by atoms with Crippen molar-refractivity contribution < 1.29 is 23.2 Å². The van der Waals surface area contributed by atoms with E-state index in [2.05, 4.69) is 34.3 Å². The van der Waals surface area contributed by atoms with Gasteiger partial charge >= 0.3 is 0 Å². The molecule has 3 heterocycles. The lowest BCUT2D eigenvalue weighted by Gasteiger charge is -2.12. The van der Waals surface area contributed by atoms with Crippen LogP contribution in [0.15, 0.2) is 41.1 Å². The number of benzene rings is 1. The van der Waals surface area contributed by atoms with E-state index in [-0.39, 0.29) is 23.0 Å². The Hall–Kier alpha value is -3.66. The number of nitrogens with zero attached hydrogens (tertiary/aromatic N) is 4. The number of aliphatic hydroxyl groups excluding tert-OH is 1. The van der Waals surface area contributed by atoms with Crippen molar-refractivity contribution in [2.45, 2.75) is 39.7 Å². The Bertz CT molecular complexity index is 1240. The van der Waals surface area contributed by atoms with Gasteiger partial charge in [-0.1, -0.05) is 43.3 Å². The van der Waals surface area contributed by atoms with Crippen LogP contribution in [0.3, 0.4) is 0 Å². The number of halogens is 2. The average molecular weight is 455 g/mol. The van der Waals surface area contributed by atoms with E-state index >= 15 is 0 Å². The van der Waals surface area contributed by atoms with Crippen LogP contribution < -0.4 is 5.32 Å². The second-order valence-corrected chi connectivity index (χ2v) is 8.44. The van der Waals surface area contributed by atoms with Crippen LogP contribution in [0.25, 0.3) is 23.7 Å². The lowest BCUT2D eigenvalue weighted by atomic mass is 9.93. The molecule has 172 valence electrons. The highest BCUT2D eigenvalue weighted by Gasteiger charge is 2.22. The van der Waals surface area contributed by atoms with Crippen molar-refractivity contribution in [3.05, 3.63) is 59.5 Å². The molecule has 1 aromatic carbocycles. The number of amides is 1. The van der Waals surface area contributed by atoms with Gasteiger partial charge in [0.15, 0.2) is 0 Å². The van der Waals surface area contributed by atoms with Crippen molar-refractivity contribution in [1.82, 2.24) is 19.7 Å². The molecule has 0 fully saturated rings. The van der Waals surface area contributed by atoms with Gasteiger partial charge < -0.3 is 14.9 Å². The van der Waals surface area contributed by atoms with Gasteiger partial charge in [-0.3, -0.25) is 9.36 Å². The van der Waals surface area contributed by atoms with Gasteiger partial charge in [0.25, 0.3) is 12.3 Å². The number of hydrogen-bond acceptors (Lipinski definition) is 6. The van der Waals surface area contributed by atoms with Crippen molar-refractivity contribution in [1.29, 1.82) is 0 Å². The number of aromatic nitrogens is 4. The molecule has 33 heavy (non-hydrogen) atoms. The number of aliphatic hydroxyl groups is 1. The molecule has 1 aliphatic heterocycles. The molecule has 10 heteroatoms. The van der Waals surface area contributed by atoms with E-state index in [4.69, 9.17) is 4.52 Å². The average Bonchev–Trinajstić information content (AvgIpc) is 3.36. The molecule has 2 aromatic heterocycles. The number of carbonyl (C=O) groups is 1. The van der Waals surface area contributed by atoms with Crippen LogP contribution in [0.5, 0.6) is 0 Å². The monoisotopic (exact) mass is 455 g/mol. The second-order valence-electron chi connectivity index (χ2n) is 8.44. The van der Waals surface area contributed by atoms with Crippen LogP contribution in [0.1, 0.15) is 41.6 Å². The number of anilines is 1. The zero-order valence-corrected chi connectivity index (χ0v) is 18.3. The predicted molar refractivity (Wildman–Crippen MR) is 119 cm³/mol. The van der Waals surface area contributed by atoms with Crippen LogP contribution >= 0.6 is 0 Å². The summed E-state index contributed by atoms with van der Waals surface area (Å²) in [6, 6.07) is 5.17. The number of carbonyl (C=O) groups excluding carboxylic acids is 1. The zero-order valence-electron chi connectivity index (χ0n) is 18.3. The van der Waals surface area contributed by atoms with Crippen LogP contribution in [-0.4, -0.2) is 43.2 Å². The molecule has 1 amide bonds. The summed E-state index contributed by atoms with van der Waals surface area (Å²) < 4.78 is 31.8. The number of hydrogen-bond donors (Lipinski definition) is 2. The number of alkyl halides is 2. The number of imidazole rings is 1. The minimum Gasteiger partial charge on any atom is -0.387 e. The molecule has 0 aliphatic carbocycles. The molecule has 0 radical (unpaired) electrons. The summed E-state index contributed by atoms with van der Waals surface area (Å²) in [7, 11) is 0. The maximum atomic E-state index is 13.0. The van der Waals surface area contributed by atoms with Crippen molar-refractivity contribution in [3.8, 4) is 11.4 Å². The predicted octanol–water partition coefficient (Wildman–Crippen LogP) is 4.19. The molecule has 2 N–H and O–H groups in total. The fourth-order valence-electron chi connectivity index (χ4n) is 3.24. The Labute approximate surface area is 188 Å². The van der Waals surface area contributed by atoms with Crippen LogP contribution in [0.2, 0.25) is 0 Å². The van der Waals surface area contributed by atoms with E-state index in [0.717, 1.165) is 5.56 Å². The first-order valence-electron chi connectivity index (χ1n) is 10.3. The van der Waals surface area contributed by atoms with Crippen LogP contribution in [0.4, 0.5) is 14.5 Å². The maximum Gasteiger partial charge on any atom is 0.274 e. The second kappa shape index (κ2) is 8.70. The first kappa shape index (κ1) is 22.5. The van der Waals surface area contributed by atoms with E-state index < -0.39 is 19.0 Å². The molecule has 1 atom stereocenters. The lowest BCUT2D eigenvalue weighted by Crippen LogP contribution is -2.20. The zero-order chi connectivity index (χ0) is 23.8. The smallest absolute Gasteiger partial charge is 0.274 e. The molecule has 0 unspecified atom stereocenters. The summed E-state index contributed by atoms with van der Waals surface area (Å²) in [6.45, 7) is 5.94. The molecular weight excluding hydrogens is 432 g/mol. The van der Waals surface area contributed by atoms with E-state index in [1.165, 1.54) is 6.20 Å². The molecule has 3 aromatic rings. The Morgan fingerprint density at radius 3 is 2.85 bits per heavy atom. The SMILES string of the molecule is Cc1ccc(-c2noc(C[C@H](O)C(F)F)n2)cc1NC(=O)c1cnc2n1C=CC(C)(C)C=C2. The fraction of sp³-hybridized carbons (Fsp3) is 0.304. The summed E-state index contributed by atoms with van der Waals surface area (Å²) in [5.41, 5.74) is 2.07. The van der Waals surface area contributed by atoms with E-state index in [9.17, 15) is 18.7 Å². The first-order valence-corrected chi connectivity index (χ1v) is 10.3. The molecule has 0 spiro atoms. The van der Waals surface area contributed by atoms with Gasteiger partial charge in [0.05, 0.1) is 12.6 Å². The highest BCUT2D eigenvalue weighted by Crippen LogP contribution is 2.27. The quantitative estimate of drug-likeness (QED) is 0.578. The highest BCUT2D eigenvalue weighted by molar-refractivity contribution is 6.04. The lowest BCUT2D eigenvalue weighted by molar-refractivity contribution is -0.00754. The minimum atomic E-state index is -2.91. The van der Waals surface area contributed by atoms with Gasteiger partial charge in [-0.15, -0.1) is 0 Å². The fourth-order valence-corrected chi connectivity index (χ4v) is 3.24. The highest BCUT2D eigenvalue weighted by atomic mass is 19.3. The molecule has 4 rings (SSSR count). The van der Waals surface area contributed by atoms with Crippen LogP contribution in [-0.2, 0) is 6.42 Å². The summed E-state index contributed by atoms with van der Waals surface area (Å²) in [5.74, 6) is 0.363. The third-order valence-electron chi connectivity index (χ3n) is 5.26. The molecule has 0 saturated heterocycles. The van der Waals surface area contributed by atoms with E-state index in [1.54, 1.807) is 22.8 Å². The van der Waals surface area contributed by atoms with Crippen molar-refractivity contribution in [3.63, 3.8) is 0 Å². The topological polar surface area (TPSA) is 106 Å². The Balaban J connectivity index is 1.56.